The lowest BCUT2D eigenvalue weighted by Crippen LogP contribution is -2.23. The summed E-state index contributed by atoms with van der Waals surface area (Å²) in [6.07, 6.45) is 0. The van der Waals surface area contributed by atoms with E-state index in [0.29, 0.717) is 15.7 Å². The lowest BCUT2D eigenvalue weighted by molar-refractivity contribution is 0.581. The fourth-order valence-electron chi connectivity index (χ4n) is 1.60. The molecule has 0 radical (unpaired) electrons. The summed E-state index contributed by atoms with van der Waals surface area (Å²) in [6, 6.07) is 8.35. The molecule has 0 aliphatic rings. The second-order valence-corrected chi connectivity index (χ2v) is 7.28. The van der Waals surface area contributed by atoms with Crippen LogP contribution in [-0.2, 0) is 16.6 Å². The fraction of sp³-hybridized carbons (Fsp3) is 0.0769. The highest BCUT2D eigenvalue weighted by Crippen LogP contribution is 2.23. The number of hydrogen-bond acceptors (Lipinski definition) is 3. The number of nitrogens with one attached hydrogen (secondary N) is 1. The number of sulfonamides is 1. The van der Waals surface area contributed by atoms with Crippen molar-refractivity contribution in [3.05, 3.63) is 57.3 Å². The van der Waals surface area contributed by atoms with Gasteiger partial charge in [-0.15, -0.1) is 0 Å². The Morgan fingerprint density at radius 1 is 1.24 bits per heavy atom. The van der Waals surface area contributed by atoms with Crippen LogP contribution in [0.15, 0.2) is 45.8 Å². The molecule has 0 aliphatic carbocycles. The molecule has 0 heterocycles. The van der Waals surface area contributed by atoms with Crippen molar-refractivity contribution in [1.82, 2.24) is 4.72 Å². The Morgan fingerprint density at radius 3 is 2.57 bits per heavy atom. The number of anilines is 1. The summed E-state index contributed by atoms with van der Waals surface area (Å²) in [6.45, 7) is -0.00168. The highest BCUT2D eigenvalue weighted by atomic mass is 79.9. The zero-order chi connectivity index (χ0) is 15.6. The Hall–Kier alpha value is -1.15. The molecule has 0 amide bonds. The Balaban J connectivity index is 2.17. The largest absolute Gasteiger partial charge is 0.398 e. The van der Waals surface area contributed by atoms with Crippen LogP contribution in [0.4, 0.5) is 10.1 Å². The van der Waals surface area contributed by atoms with Crippen molar-refractivity contribution >= 4 is 43.2 Å². The van der Waals surface area contributed by atoms with Gasteiger partial charge < -0.3 is 5.73 Å². The van der Waals surface area contributed by atoms with E-state index < -0.39 is 15.8 Å². The maximum Gasteiger partial charge on any atom is 0.240 e. The molecule has 0 spiro atoms. The lowest BCUT2D eigenvalue weighted by Gasteiger charge is -2.08. The molecule has 3 N–H and O–H groups in total. The van der Waals surface area contributed by atoms with Crippen LogP contribution in [-0.4, -0.2) is 8.42 Å². The Morgan fingerprint density at radius 2 is 1.95 bits per heavy atom. The Kier molecular flexibility index (Phi) is 4.88. The van der Waals surface area contributed by atoms with Gasteiger partial charge in [-0.05, 0) is 51.8 Å². The predicted octanol–water partition coefficient (Wildman–Crippen LogP) is 3.30. The average Bonchev–Trinajstić information content (AvgIpc) is 2.43. The molecular weight excluding hydrogens is 383 g/mol. The summed E-state index contributed by atoms with van der Waals surface area (Å²) in [7, 11) is -3.71. The van der Waals surface area contributed by atoms with E-state index in [1.54, 1.807) is 6.07 Å². The van der Waals surface area contributed by atoms with E-state index >= 15 is 0 Å². The van der Waals surface area contributed by atoms with Gasteiger partial charge in [0.25, 0.3) is 0 Å². The van der Waals surface area contributed by atoms with Crippen molar-refractivity contribution in [3.8, 4) is 0 Å². The molecule has 0 atom stereocenters. The molecule has 0 aliphatic heterocycles. The van der Waals surface area contributed by atoms with Crippen molar-refractivity contribution in [2.45, 2.75) is 11.4 Å². The third-order valence-corrected chi connectivity index (χ3v) is 5.14. The second-order valence-electron chi connectivity index (χ2n) is 4.26. The van der Waals surface area contributed by atoms with Gasteiger partial charge in [-0.25, -0.2) is 17.5 Å². The summed E-state index contributed by atoms with van der Waals surface area (Å²) in [4.78, 5) is 0.0522. The summed E-state index contributed by atoms with van der Waals surface area (Å²) < 4.78 is 40.3. The summed E-state index contributed by atoms with van der Waals surface area (Å²) >= 11 is 8.84. The quantitative estimate of drug-likeness (QED) is 0.783. The normalized spacial score (nSPS) is 11.6. The van der Waals surface area contributed by atoms with Gasteiger partial charge in [0.05, 0.1) is 9.92 Å². The maximum atomic E-state index is 13.0. The molecule has 2 aromatic rings. The molecule has 2 rings (SSSR count). The number of benzene rings is 2. The van der Waals surface area contributed by atoms with Gasteiger partial charge >= 0.3 is 0 Å². The van der Waals surface area contributed by atoms with Crippen molar-refractivity contribution < 1.29 is 12.8 Å². The molecule has 0 fully saturated rings. The first-order valence-corrected chi connectivity index (χ1v) is 8.43. The van der Waals surface area contributed by atoms with Gasteiger partial charge in [0.15, 0.2) is 0 Å². The summed E-state index contributed by atoms with van der Waals surface area (Å²) in [5.74, 6) is -0.552. The first kappa shape index (κ1) is 16.2. The molecule has 0 saturated carbocycles. The predicted molar refractivity (Wildman–Crippen MR) is 84.0 cm³/mol. The molecule has 4 nitrogen and oxygen atoms in total. The minimum absolute atomic E-state index is 0.00168. The number of halogens is 3. The number of hydrogen-bond donors (Lipinski definition) is 2. The van der Waals surface area contributed by atoms with E-state index in [1.165, 1.54) is 30.3 Å². The van der Waals surface area contributed by atoms with E-state index in [4.69, 9.17) is 17.3 Å². The van der Waals surface area contributed by atoms with E-state index in [2.05, 4.69) is 20.7 Å². The van der Waals surface area contributed by atoms with Crippen LogP contribution in [0.3, 0.4) is 0 Å². The first-order chi connectivity index (χ1) is 9.79. The minimum atomic E-state index is -3.71. The number of nitrogens with two attached hydrogens (primary N) is 1. The SMILES string of the molecule is Nc1cc(S(=O)(=O)NCc2ccc(F)c(Cl)c2)ccc1Br. The van der Waals surface area contributed by atoms with Crippen LogP contribution in [0.25, 0.3) is 0 Å². The van der Waals surface area contributed by atoms with Crippen molar-refractivity contribution in [3.63, 3.8) is 0 Å². The van der Waals surface area contributed by atoms with Crippen LogP contribution >= 0.6 is 27.5 Å². The van der Waals surface area contributed by atoms with Gasteiger partial charge in [0.2, 0.25) is 10.0 Å². The molecule has 0 bridgehead atoms. The van der Waals surface area contributed by atoms with Gasteiger partial charge in [-0.3, -0.25) is 0 Å². The second kappa shape index (κ2) is 6.31. The lowest BCUT2D eigenvalue weighted by atomic mass is 10.2. The highest BCUT2D eigenvalue weighted by molar-refractivity contribution is 9.10. The standard InChI is InChI=1S/C13H11BrClFN2O2S/c14-10-3-2-9(6-13(10)17)21(19,20)18-7-8-1-4-12(16)11(15)5-8/h1-6,18H,7,17H2. The number of nitrogen functional groups attached to an aromatic ring is 1. The zero-order valence-electron chi connectivity index (χ0n) is 10.6. The third-order valence-electron chi connectivity index (χ3n) is 2.73. The topological polar surface area (TPSA) is 72.2 Å². The maximum absolute atomic E-state index is 13.0. The average molecular weight is 394 g/mol. The molecule has 2 aromatic carbocycles. The Bertz CT molecular complexity index is 784. The van der Waals surface area contributed by atoms with Crippen molar-refractivity contribution in [2.75, 3.05) is 5.73 Å². The summed E-state index contributed by atoms with van der Waals surface area (Å²) in [5, 5.41) is -0.0559. The monoisotopic (exact) mass is 392 g/mol. The Labute approximate surface area is 135 Å². The molecule has 21 heavy (non-hydrogen) atoms. The first-order valence-electron chi connectivity index (χ1n) is 5.78. The van der Waals surface area contributed by atoms with Crippen molar-refractivity contribution in [1.29, 1.82) is 0 Å². The van der Waals surface area contributed by atoms with E-state index in [9.17, 15) is 12.8 Å². The van der Waals surface area contributed by atoms with Crippen LogP contribution < -0.4 is 10.5 Å². The highest BCUT2D eigenvalue weighted by Gasteiger charge is 2.15. The van der Waals surface area contributed by atoms with Gasteiger partial charge in [-0.1, -0.05) is 17.7 Å². The van der Waals surface area contributed by atoms with Gasteiger partial charge in [0.1, 0.15) is 5.82 Å². The van der Waals surface area contributed by atoms with E-state index in [-0.39, 0.29) is 16.5 Å². The fourth-order valence-corrected chi connectivity index (χ4v) is 3.10. The molecule has 112 valence electrons. The molecule has 8 heteroatoms. The van der Waals surface area contributed by atoms with E-state index in [0.717, 1.165) is 0 Å². The van der Waals surface area contributed by atoms with E-state index in [1.807, 2.05) is 0 Å². The smallest absolute Gasteiger partial charge is 0.240 e. The summed E-state index contributed by atoms with van der Waals surface area (Å²) in [5.41, 5.74) is 6.54. The third kappa shape index (κ3) is 3.94. The van der Waals surface area contributed by atoms with Crippen LogP contribution in [0, 0.1) is 5.82 Å². The number of rotatable bonds is 4. The van der Waals surface area contributed by atoms with Crippen LogP contribution in [0.2, 0.25) is 5.02 Å². The molecule has 0 saturated heterocycles. The van der Waals surface area contributed by atoms with Crippen molar-refractivity contribution in [2.24, 2.45) is 0 Å². The molecule has 0 unspecified atom stereocenters. The van der Waals surface area contributed by atoms with Crippen LogP contribution in [0.1, 0.15) is 5.56 Å². The van der Waals surface area contributed by atoms with Gasteiger partial charge in [0, 0.05) is 16.7 Å². The van der Waals surface area contributed by atoms with Gasteiger partial charge in [-0.2, -0.15) is 0 Å². The molecule has 0 aromatic heterocycles. The van der Waals surface area contributed by atoms with Crippen LogP contribution in [0.5, 0.6) is 0 Å². The zero-order valence-corrected chi connectivity index (χ0v) is 13.8. The minimum Gasteiger partial charge on any atom is -0.398 e. The molecular formula is C13H11BrClFN2O2S.